The lowest BCUT2D eigenvalue weighted by Gasteiger charge is -2.27. The van der Waals surface area contributed by atoms with E-state index in [1.54, 1.807) is 0 Å². The molecule has 1 aliphatic rings. The Kier molecular flexibility index (Phi) is 9.98. The fourth-order valence-corrected chi connectivity index (χ4v) is 2.61. The summed E-state index contributed by atoms with van der Waals surface area (Å²) < 4.78 is 0. The summed E-state index contributed by atoms with van der Waals surface area (Å²) in [4.78, 5) is 11.6. The Labute approximate surface area is 157 Å². The van der Waals surface area contributed by atoms with Crippen LogP contribution in [0.1, 0.15) is 45.1 Å². The zero-order valence-corrected chi connectivity index (χ0v) is 16.7. The van der Waals surface area contributed by atoms with Crippen LogP contribution in [0.15, 0.2) is 23.3 Å². The number of nitrogens with one attached hydrogen (secondary N) is 2. The number of guanidine groups is 1. The summed E-state index contributed by atoms with van der Waals surface area (Å²) >= 11 is 0. The minimum atomic E-state index is 0. The van der Waals surface area contributed by atoms with Crippen molar-refractivity contribution in [2.75, 3.05) is 31.1 Å². The smallest absolute Gasteiger partial charge is 0.191 e. The molecule has 0 radical (unpaired) electrons. The number of hydrogen-bond acceptors (Lipinski definition) is 3. The average molecular weight is 431 g/mol. The molecule has 0 amide bonds. The largest absolute Gasteiger partial charge is 0.357 e. The molecule has 2 N–H and O–H groups in total. The van der Waals surface area contributed by atoms with E-state index < -0.39 is 0 Å². The highest BCUT2D eigenvalue weighted by atomic mass is 127. The lowest BCUT2D eigenvalue weighted by atomic mass is 10.1. The molecular formula is C17H30IN5. The van der Waals surface area contributed by atoms with Crippen LogP contribution < -0.4 is 15.5 Å². The third-order valence-corrected chi connectivity index (χ3v) is 3.80. The summed E-state index contributed by atoms with van der Waals surface area (Å²) in [5, 5.41) is 6.61. The number of halogens is 1. The van der Waals surface area contributed by atoms with Gasteiger partial charge in [-0.1, -0.05) is 6.92 Å². The van der Waals surface area contributed by atoms with Gasteiger partial charge in [0, 0.05) is 32.4 Å². The molecule has 1 aromatic rings. The highest BCUT2D eigenvalue weighted by Crippen LogP contribution is 2.18. The standard InChI is InChI=1S/C17H29N5.HI/c1-3-9-20-17(18-4-2)21-14-15-8-10-19-16(13-15)22-11-6-5-7-12-22;/h8,10,13H,3-7,9,11-12,14H2,1-2H3,(H2,18,20,21);1H. The highest BCUT2D eigenvalue weighted by molar-refractivity contribution is 14.0. The van der Waals surface area contributed by atoms with Crippen LogP contribution in [0.5, 0.6) is 0 Å². The minimum Gasteiger partial charge on any atom is -0.357 e. The van der Waals surface area contributed by atoms with Gasteiger partial charge in [-0.3, -0.25) is 0 Å². The van der Waals surface area contributed by atoms with Gasteiger partial charge in [-0.05, 0) is 50.3 Å². The predicted molar refractivity (Wildman–Crippen MR) is 109 cm³/mol. The van der Waals surface area contributed by atoms with Crippen LogP contribution in [0.3, 0.4) is 0 Å². The predicted octanol–water partition coefficient (Wildman–Crippen LogP) is 3.16. The number of piperidine rings is 1. The Balaban J connectivity index is 0.00000264. The lowest BCUT2D eigenvalue weighted by Crippen LogP contribution is -2.37. The van der Waals surface area contributed by atoms with Crippen LogP contribution in [-0.2, 0) is 6.54 Å². The van der Waals surface area contributed by atoms with E-state index in [-0.39, 0.29) is 24.0 Å². The van der Waals surface area contributed by atoms with Gasteiger partial charge in [-0.15, -0.1) is 24.0 Å². The average Bonchev–Trinajstić information content (AvgIpc) is 2.58. The lowest BCUT2D eigenvalue weighted by molar-refractivity contribution is 0.573. The van der Waals surface area contributed by atoms with Crippen molar-refractivity contribution in [2.45, 2.75) is 46.1 Å². The number of nitrogens with zero attached hydrogens (tertiary/aromatic N) is 3. The summed E-state index contributed by atoms with van der Waals surface area (Å²) in [7, 11) is 0. The molecule has 0 unspecified atom stereocenters. The van der Waals surface area contributed by atoms with E-state index in [9.17, 15) is 0 Å². The first kappa shape index (κ1) is 20.0. The summed E-state index contributed by atoms with van der Waals surface area (Å²) in [6.07, 6.45) is 6.89. The maximum atomic E-state index is 4.66. The molecule has 6 heteroatoms. The Hall–Kier alpha value is -1.05. The molecule has 5 nitrogen and oxygen atoms in total. The van der Waals surface area contributed by atoms with Crippen molar-refractivity contribution in [3.8, 4) is 0 Å². The SMILES string of the molecule is CCCNC(=NCc1ccnc(N2CCCCC2)c1)NCC.I. The van der Waals surface area contributed by atoms with Gasteiger partial charge in [0.1, 0.15) is 5.82 Å². The maximum absolute atomic E-state index is 4.66. The van der Waals surface area contributed by atoms with Crippen LogP contribution in [0.4, 0.5) is 5.82 Å². The minimum absolute atomic E-state index is 0. The molecule has 130 valence electrons. The van der Waals surface area contributed by atoms with E-state index in [0.29, 0.717) is 6.54 Å². The quantitative estimate of drug-likeness (QED) is 0.413. The third kappa shape index (κ3) is 6.93. The van der Waals surface area contributed by atoms with Gasteiger partial charge in [0.25, 0.3) is 0 Å². The number of pyridine rings is 1. The van der Waals surface area contributed by atoms with E-state index in [0.717, 1.165) is 44.4 Å². The summed E-state index contributed by atoms with van der Waals surface area (Å²) in [6, 6.07) is 4.23. The molecule has 0 aliphatic carbocycles. The Morgan fingerprint density at radius 2 is 2.00 bits per heavy atom. The van der Waals surface area contributed by atoms with Crippen molar-refractivity contribution in [3.05, 3.63) is 23.9 Å². The van der Waals surface area contributed by atoms with Crippen LogP contribution in [0.25, 0.3) is 0 Å². The van der Waals surface area contributed by atoms with Gasteiger partial charge < -0.3 is 15.5 Å². The van der Waals surface area contributed by atoms with Crippen molar-refractivity contribution in [1.82, 2.24) is 15.6 Å². The van der Waals surface area contributed by atoms with E-state index in [1.807, 2.05) is 6.20 Å². The van der Waals surface area contributed by atoms with Gasteiger partial charge in [0.05, 0.1) is 6.54 Å². The van der Waals surface area contributed by atoms with Gasteiger partial charge in [0.2, 0.25) is 0 Å². The highest BCUT2D eigenvalue weighted by Gasteiger charge is 2.12. The molecule has 0 saturated carbocycles. The first-order valence-corrected chi connectivity index (χ1v) is 8.55. The molecule has 2 rings (SSSR count). The van der Waals surface area contributed by atoms with Crippen LogP contribution in [0.2, 0.25) is 0 Å². The number of hydrogen-bond donors (Lipinski definition) is 2. The van der Waals surface area contributed by atoms with E-state index in [1.165, 1.54) is 24.8 Å². The first-order chi connectivity index (χ1) is 10.8. The maximum Gasteiger partial charge on any atom is 0.191 e. The van der Waals surface area contributed by atoms with Gasteiger partial charge in [0.15, 0.2) is 5.96 Å². The fourth-order valence-electron chi connectivity index (χ4n) is 2.61. The van der Waals surface area contributed by atoms with E-state index in [2.05, 4.69) is 51.5 Å². The Bertz CT molecular complexity index is 472. The van der Waals surface area contributed by atoms with Crippen molar-refractivity contribution < 1.29 is 0 Å². The second-order valence-electron chi connectivity index (χ2n) is 5.69. The van der Waals surface area contributed by atoms with Crippen molar-refractivity contribution >= 4 is 35.8 Å². The van der Waals surface area contributed by atoms with Crippen LogP contribution in [-0.4, -0.2) is 37.1 Å². The van der Waals surface area contributed by atoms with Gasteiger partial charge in [-0.2, -0.15) is 0 Å². The molecule has 2 heterocycles. The fraction of sp³-hybridized carbons (Fsp3) is 0.647. The molecule has 23 heavy (non-hydrogen) atoms. The molecule has 0 aromatic carbocycles. The van der Waals surface area contributed by atoms with Gasteiger partial charge >= 0.3 is 0 Å². The van der Waals surface area contributed by atoms with Crippen molar-refractivity contribution in [3.63, 3.8) is 0 Å². The molecule has 1 aliphatic heterocycles. The van der Waals surface area contributed by atoms with Gasteiger partial charge in [-0.25, -0.2) is 9.98 Å². The zero-order chi connectivity index (χ0) is 15.6. The number of rotatable bonds is 6. The molecule has 0 atom stereocenters. The summed E-state index contributed by atoms with van der Waals surface area (Å²) in [5.41, 5.74) is 1.21. The number of anilines is 1. The third-order valence-electron chi connectivity index (χ3n) is 3.80. The van der Waals surface area contributed by atoms with E-state index >= 15 is 0 Å². The molecule has 0 bridgehead atoms. The van der Waals surface area contributed by atoms with E-state index in [4.69, 9.17) is 0 Å². The second kappa shape index (κ2) is 11.5. The first-order valence-electron chi connectivity index (χ1n) is 8.55. The number of aromatic nitrogens is 1. The molecule has 1 saturated heterocycles. The monoisotopic (exact) mass is 431 g/mol. The van der Waals surface area contributed by atoms with Crippen LogP contribution >= 0.6 is 24.0 Å². The molecule has 1 aromatic heterocycles. The molecule has 1 fully saturated rings. The normalized spacial score (nSPS) is 15.0. The summed E-state index contributed by atoms with van der Waals surface area (Å²) in [6.45, 7) is 9.00. The molecular weight excluding hydrogens is 401 g/mol. The Morgan fingerprint density at radius 3 is 2.70 bits per heavy atom. The topological polar surface area (TPSA) is 52.6 Å². The zero-order valence-electron chi connectivity index (χ0n) is 14.3. The van der Waals surface area contributed by atoms with Crippen LogP contribution in [0, 0.1) is 0 Å². The molecule has 0 spiro atoms. The van der Waals surface area contributed by atoms with Crippen molar-refractivity contribution in [1.29, 1.82) is 0 Å². The Morgan fingerprint density at radius 1 is 1.22 bits per heavy atom. The summed E-state index contributed by atoms with van der Waals surface area (Å²) in [5.74, 6) is 1.99. The second-order valence-corrected chi connectivity index (χ2v) is 5.69. The van der Waals surface area contributed by atoms with Crippen molar-refractivity contribution in [2.24, 2.45) is 4.99 Å². The number of aliphatic imine (C=N–C) groups is 1.